The fourth-order valence-electron chi connectivity index (χ4n) is 3.66. The lowest BCUT2D eigenvalue weighted by molar-refractivity contribution is 0.0949. The number of hydrogen-bond donors (Lipinski definition) is 1. The standard InChI is InChI=1S/C23H18Cl2N6O/c24-16-9-7-15(8-10-16)14-31-18-5-3-4-17(25)21(18)22(29-31)23(32)26-12-11-20-28-27-19-6-1-2-13-30(19)20/h1-10,13H,11-12,14H2,(H,26,32). The van der Waals surface area contributed by atoms with Crippen LogP contribution in [0.5, 0.6) is 0 Å². The smallest absolute Gasteiger partial charge is 0.272 e. The second-order valence-corrected chi connectivity index (χ2v) is 8.16. The maximum Gasteiger partial charge on any atom is 0.272 e. The van der Waals surface area contributed by atoms with Crippen LogP contribution in [-0.2, 0) is 13.0 Å². The SMILES string of the molecule is O=C(NCCc1nnc2ccccn12)c1nn(Cc2ccc(Cl)cc2)c2cccc(Cl)c12. The van der Waals surface area contributed by atoms with Gasteiger partial charge in [-0.15, -0.1) is 10.2 Å². The molecule has 32 heavy (non-hydrogen) atoms. The zero-order valence-electron chi connectivity index (χ0n) is 16.9. The van der Waals surface area contributed by atoms with E-state index < -0.39 is 0 Å². The number of nitrogens with one attached hydrogen (secondary N) is 1. The van der Waals surface area contributed by atoms with Crippen molar-refractivity contribution >= 4 is 45.7 Å². The van der Waals surface area contributed by atoms with Gasteiger partial charge in [-0.1, -0.05) is 47.5 Å². The van der Waals surface area contributed by atoms with Crippen molar-refractivity contribution in [2.45, 2.75) is 13.0 Å². The number of nitrogens with zero attached hydrogens (tertiary/aromatic N) is 5. The normalized spacial score (nSPS) is 11.3. The molecule has 0 bridgehead atoms. The van der Waals surface area contributed by atoms with Crippen LogP contribution < -0.4 is 5.32 Å². The van der Waals surface area contributed by atoms with Crippen molar-refractivity contribution in [1.82, 2.24) is 29.7 Å². The van der Waals surface area contributed by atoms with Gasteiger partial charge in [0.05, 0.1) is 22.5 Å². The highest BCUT2D eigenvalue weighted by Gasteiger charge is 2.20. The molecule has 0 aliphatic rings. The predicted molar refractivity (Wildman–Crippen MR) is 124 cm³/mol. The Balaban J connectivity index is 1.38. The zero-order valence-corrected chi connectivity index (χ0v) is 18.4. The van der Waals surface area contributed by atoms with Crippen LogP contribution in [0.3, 0.4) is 0 Å². The van der Waals surface area contributed by atoms with Crippen molar-refractivity contribution in [3.8, 4) is 0 Å². The monoisotopic (exact) mass is 464 g/mol. The Morgan fingerprint density at radius 1 is 0.969 bits per heavy atom. The summed E-state index contributed by atoms with van der Waals surface area (Å²) >= 11 is 12.4. The van der Waals surface area contributed by atoms with E-state index in [-0.39, 0.29) is 5.91 Å². The lowest BCUT2D eigenvalue weighted by Crippen LogP contribution is -2.27. The Kier molecular flexibility index (Phi) is 5.51. The first-order valence-corrected chi connectivity index (χ1v) is 10.8. The average molecular weight is 465 g/mol. The summed E-state index contributed by atoms with van der Waals surface area (Å²) in [5.41, 5.74) is 2.88. The van der Waals surface area contributed by atoms with Gasteiger partial charge >= 0.3 is 0 Å². The van der Waals surface area contributed by atoms with Crippen molar-refractivity contribution in [1.29, 1.82) is 0 Å². The Bertz CT molecular complexity index is 1420. The quantitative estimate of drug-likeness (QED) is 0.403. The molecule has 0 fully saturated rings. The van der Waals surface area contributed by atoms with Gasteiger partial charge in [-0.25, -0.2) is 0 Å². The minimum absolute atomic E-state index is 0.285. The van der Waals surface area contributed by atoms with Crippen LogP contribution in [0, 0.1) is 0 Å². The number of pyridine rings is 1. The number of rotatable bonds is 6. The first-order chi connectivity index (χ1) is 15.6. The third-order valence-corrected chi connectivity index (χ3v) is 5.77. The topological polar surface area (TPSA) is 77.1 Å². The number of amides is 1. The third kappa shape index (κ3) is 3.92. The second kappa shape index (κ2) is 8.61. The molecule has 5 rings (SSSR count). The van der Waals surface area contributed by atoms with Gasteiger partial charge < -0.3 is 5.32 Å². The number of hydrogen-bond acceptors (Lipinski definition) is 4. The van der Waals surface area contributed by atoms with Gasteiger partial charge in [0.1, 0.15) is 5.82 Å². The molecule has 0 unspecified atom stereocenters. The summed E-state index contributed by atoms with van der Waals surface area (Å²) in [5.74, 6) is 0.490. The van der Waals surface area contributed by atoms with Gasteiger partial charge in [0.2, 0.25) is 0 Å². The zero-order chi connectivity index (χ0) is 22.1. The van der Waals surface area contributed by atoms with Gasteiger partial charge in [-0.2, -0.15) is 5.10 Å². The van der Waals surface area contributed by atoms with Crippen LogP contribution in [0.15, 0.2) is 66.9 Å². The molecule has 3 heterocycles. The van der Waals surface area contributed by atoms with Crippen LogP contribution >= 0.6 is 23.2 Å². The molecule has 160 valence electrons. The number of benzene rings is 2. The molecule has 1 amide bonds. The van der Waals surface area contributed by atoms with Crippen molar-refractivity contribution in [2.75, 3.05) is 6.54 Å². The van der Waals surface area contributed by atoms with E-state index in [1.165, 1.54) is 0 Å². The Labute approximate surface area is 193 Å². The molecule has 5 aromatic rings. The van der Waals surface area contributed by atoms with E-state index in [0.717, 1.165) is 22.6 Å². The van der Waals surface area contributed by atoms with Crippen LogP contribution in [0.25, 0.3) is 16.6 Å². The minimum atomic E-state index is -0.285. The van der Waals surface area contributed by atoms with Crippen molar-refractivity contribution in [2.24, 2.45) is 0 Å². The molecular weight excluding hydrogens is 447 g/mol. The molecule has 0 spiro atoms. The molecule has 0 saturated heterocycles. The highest BCUT2D eigenvalue weighted by molar-refractivity contribution is 6.36. The van der Waals surface area contributed by atoms with Crippen LogP contribution in [-0.4, -0.2) is 36.8 Å². The van der Waals surface area contributed by atoms with Gasteiger partial charge in [0.25, 0.3) is 5.91 Å². The second-order valence-electron chi connectivity index (χ2n) is 7.32. The summed E-state index contributed by atoms with van der Waals surface area (Å²) in [5, 5.41) is 17.6. The van der Waals surface area contributed by atoms with E-state index >= 15 is 0 Å². The molecule has 0 radical (unpaired) electrons. The molecular formula is C23H18Cl2N6O. The number of halogens is 2. The lowest BCUT2D eigenvalue weighted by atomic mass is 10.2. The Hall–Kier alpha value is -3.42. The molecule has 1 N–H and O–H groups in total. The summed E-state index contributed by atoms with van der Waals surface area (Å²) in [6, 6.07) is 18.8. The molecule has 7 nitrogen and oxygen atoms in total. The number of carbonyl (C=O) groups excluding carboxylic acids is 1. The lowest BCUT2D eigenvalue weighted by Gasteiger charge is -2.04. The fraction of sp³-hybridized carbons (Fsp3) is 0.130. The largest absolute Gasteiger partial charge is 0.350 e. The maximum absolute atomic E-state index is 13.0. The predicted octanol–water partition coefficient (Wildman–Crippen LogP) is 4.41. The van der Waals surface area contributed by atoms with Crippen molar-refractivity contribution in [3.63, 3.8) is 0 Å². The fourth-order valence-corrected chi connectivity index (χ4v) is 4.05. The first-order valence-electron chi connectivity index (χ1n) is 10.1. The minimum Gasteiger partial charge on any atom is -0.350 e. The summed E-state index contributed by atoms with van der Waals surface area (Å²) in [6.07, 6.45) is 2.44. The summed E-state index contributed by atoms with van der Waals surface area (Å²) in [7, 11) is 0. The number of fused-ring (bicyclic) bond motifs is 2. The maximum atomic E-state index is 13.0. The van der Waals surface area contributed by atoms with Gasteiger partial charge in [0.15, 0.2) is 11.3 Å². The van der Waals surface area contributed by atoms with Crippen molar-refractivity contribution < 1.29 is 4.79 Å². The van der Waals surface area contributed by atoms with Gasteiger partial charge in [-0.05, 0) is 42.0 Å². The van der Waals surface area contributed by atoms with E-state index in [0.29, 0.717) is 40.6 Å². The first kappa shape index (κ1) is 20.5. The molecule has 9 heteroatoms. The van der Waals surface area contributed by atoms with Gasteiger partial charge in [0, 0.05) is 24.2 Å². The van der Waals surface area contributed by atoms with Crippen LogP contribution in [0.1, 0.15) is 21.9 Å². The molecule has 3 aromatic heterocycles. The van der Waals surface area contributed by atoms with Crippen molar-refractivity contribution in [3.05, 3.63) is 94.0 Å². The van der Waals surface area contributed by atoms with E-state index in [9.17, 15) is 4.79 Å². The number of carbonyl (C=O) groups is 1. The highest BCUT2D eigenvalue weighted by atomic mass is 35.5. The van der Waals surface area contributed by atoms with E-state index in [1.807, 2.05) is 65.2 Å². The van der Waals surface area contributed by atoms with E-state index in [4.69, 9.17) is 23.2 Å². The summed E-state index contributed by atoms with van der Waals surface area (Å²) in [6.45, 7) is 0.886. The van der Waals surface area contributed by atoms with E-state index in [2.05, 4.69) is 20.6 Å². The Morgan fingerprint density at radius 3 is 2.66 bits per heavy atom. The van der Waals surface area contributed by atoms with Crippen LogP contribution in [0.4, 0.5) is 0 Å². The summed E-state index contributed by atoms with van der Waals surface area (Å²) in [4.78, 5) is 13.0. The van der Waals surface area contributed by atoms with E-state index in [1.54, 1.807) is 10.7 Å². The third-order valence-electron chi connectivity index (χ3n) is 5.21. The number of aromatic nitrogens is 5. The molecule has 0 aliphatic carbocycles. The molecule has 0 saturated carbocycles. The molecule has 2 aromatic carbocycles. The Morgan fingerprint density at radius 2 is 1.81 bits per heavy atom. The molecule has 0 atom stereocenters. The van der Waals surface area contributed by atoms with Crippen LogP contribution in [0.2, 0.25) is 10.0 Å². The highest BCUT2D eigenvalue weighted by Crippen LogP contribution is 2.27. The summed E-state index contributed by atoms with van der Waals surface area (Å²) < 4.78 is 3.69. The van der Waals surface area contributed by atoms with Gasteiger partial charge in [-0.3, -0.25) is 13.9 Å². The average Bonchev–Trinajstić information content (AvgIpc) is 3.38. The molecule has 0 aliphatic heterocycles.